The molecule has 2 atom stereocenters. The summed E-state index contributed by atoms with van der Waals surface area (Å²) in [4.78, 5) is 13.8. The van der Waals surface area contributed by atoms with Gasteiger partial charge in [0.1, 0.15) is 5.75 Å². The van der Waals surface area contributed by atoms with E-state index in [1.165, 1.54) is 0 Å². The summed E-state index contributed by atoms with van der Waals surface area (Å²) >= 11 is 0. The van der Waals surface area contributed by atoms with Crippen LogP contribution < -0.4 is 0 Å². The van der Waals surface area contributed by atoms with Crippen LogP contribution in [-0.4, -0.2) is 34.2 Å². The van der Waals surface area contributed by atoms with E-state index >= 15 is 0 Å². The molecule has 116 valence electrons. The van der Waals surface area contributed by atoms with Crippen LogP contribution >= 0.6 is 0 Å². The van der Waals surface area contributed by atoms with Crippen molar-refractivity contribution in [3.63, 3.8) is 0 Å². The summed E-state index contributed by atoms with van der Waals surface area (Å²) in [6.07, 6.45) is 2.00. The molecule has 0 bridgehead atoms. The molecule has 4 nitrogen and oxygen atoms in total. The van der Waals surface area contributed by atoms with Gasteiger partial charge in [-0.2, -0.15) is 0 Å². The highest BCUT2D eigenvalue weighted by Crippen LogP contribution is 2.37. The Morgan fingerprint density at radius 1 is 1.33 bits per heavy atom. The van der Waals surface area contributed by atoms with Gasteiger partial charge in [0.05, 0.1) is 5.41 Å². The fourth-order valence-electron chi connectivity index (χ4n) is 3.09. The molecule has 1 aliphatic rings. The molecular weight excluding hydrogens is 266 g/mol. The van der Waals surface area contributed by atoms with Crippen LogP contribution in [0.2, 0.25) is 0 Å². The van der Waals surface area contributed by atoms with Gasteiger partial charge >= 0.3 is 5.97 Å². The van der Waals surface area contributed by atoms with E-state index in [0.29, 0.717) is 0 Å². The second-order valence-electron chi connectivity index (χ2n) is 6.63. The number of phenols is 1. The molecule has 21 heavy (non-hydrogen) atoms. The lowest BCUT2D eigenvalue weighted by molar-refractivity contribution is -0.151. The average Bonchev–Trinajstić information content (AvgIpc) is 2.47. The van der Waals surface area contributed by atoms with Gasteiger partial charge < -0.3 is 10.2 Å². The smallest absolute Gasteiger partial charge is 0.309 e. The van der Waals surface area contributed by atoms with Gasteiger partial charge in [-0.25, -0.2) is 0 Å². The van der Waals surface area contributed by atoms with Gasteiger partial charge in [0, 0.05) is 12.6 Å². The van der Waals surface area contributed by atoms with Gasteiger partial charge in [-0.15, -0.1) is 0 Å². The summed E-state index contributed by atoms with van der Waals surface area (Å²) < 4.78 is 0. The predicted molar refractivity (Wildman–Crippen MR) is 82.2 cm³/mol. The minimum absolute atomic E-state index is 0.170. The van der Waals surface area contributed by atoms with E-state index in [2.05, 4.69) is 11.8 Å². The molecule has 4 heteroatoms. The van der Waals surface area contributed by atoms with Gasteiger partial charge in [-0.3, -0.25) is 9.69 Å². The molecule has 1 heterocycles. The number of phenolic OH excluding ortho intramolecular Hbond substituents is 1. The third-order valence-corrected chi connectivity index (χ3v) is 4.95. The van der Waals surface area contributed by atoms with Gasteiger partial charge in [0.15, 0.2) is 0 Å². The highest BCUT2D eigenvalue weighted by Gasteiger charge is 2.39. The quantitative estimate of drug-likeness (QED) is 0.893. The summed E-state index contributed by atoms with van der Waals surface area (Å²) in [6.45, 7) is 7.60. The van der Waals surface area contributed by atoms with Crippen LogP contribution in [-0.2, 0) is 4.79 Å². The molecule has 1 aliphatic heterocycles. The van der Waals surface area contributed by atoms with E-state index in [9.17, 15) is 15.0 Å². The first-order valence-electron chi connectivity index (χ1n) is 7.58. The van der Waals surface area contributed by atoms with Crippen LogP contribution in [0.15, 0.2) is 24.3 Å². The molecule has 2 unspecified atom stereocenters. The Kier molecular flexibility index (Phi) is 4.57. The highest BCUT2D eigenvalue weighted by atomic mass is 16.4. The van der Waals surface area contributed by atoms with Crippen molar-refractivity contribution in [2.75, 3.05) is 13.1 Å². The number of hydrogen-bond donors (Lipinski definition) is 2. The fourth-order valence-corrected chi connectivity index (χ4v) is 3.09. The average molecular weight is 291 g/mol. The van der Waals surface area contributed by atoms with E-state index in [0.717, 1.165) is 31.5 Å². The number of rotatable bonds is 4. The standard InChI is InChI=1S/C17H25NO3/c1-12(13-6-8-15(19)9-7-13)18-10-4-5-14(11-18)17(2,3)16(20)21/h6-9,12,14,19H,4-5,10-11H2,1-3H3,(H,20,21). The zero-order valence-corrected chi connectivity index (χ0v) is 13.0. The van der Waals surface area contributed by atoms with E-state index in [1.54, 1.807) is 12.1 Å². The monoisotopic (exact) mass is 291 g/mol. The first-order valence-corrected chi connectivity index (χ1v) is 7.58. The van der Waals surface area contributed by atoms with E-state index in [-0.39, 0.29) is 17.7 Å². The Labute approximate surface area is 126 Å². The molecule has 1 fully saturated rings. The molecule has 0 radical (unpaired) electrons. The Balaban J connectivity index is 2.10. The van der Waals surface area contributed by atoms with E-state index in [4.69, 9.17) is 0 Å². The summed E-state index contributed by atoms with van der Waals surface area (Å²) in [5.74, 6) is -0.274. The zero-order valence-electron chi connectivity index (χ0n) is 13.0. The highest BCUT2D eigenvalue weighted by molar-refractivity contribution is 5.74. The zero-order chi connectivity index (χ0) is 15.6. The predicted octanol–water partition coefficient (Wildman–Crippen LogP) is 3.28. The Morgan fingerprint density at radius 3 is 2.52 bits per heavy atom. The van der Waals surface area contributed by atoms with Crippen LogP contribution in [0, 0.1) is 11.3 Å². The summed E-state index contributed by atoms with van der Waals surface area (Å²) in [5.41, 5.74) is 0.467. The van der Waals surface area contributed by atoms with E-state index in [1.807, 2.05) is 26.0 Å². The number of aliphatic carboxylic acids is 1. The Morgan fingerprint density at radius 2 is 1.95 bits per heavy atom. The van der Waals surface area contributed by atoms with Gasteiger partial charge in [-0.1, -0.05) is 12.1 Å². The Bertz CT molecular complexity index is 495. The first-order chi connectivity index (χ1) is 9.82. The number of piperidine rings is 1. The van der Waals surface area contributed by atoms with Gasteiger partial charge in [0.25, 0.3) is 0 Å². The molecule has 0 spiro atoms. The summed E-state index contributed by atoms with van der Waals surface area (Å²) in [7, 11) is 0. The molecule has 0 aromatic heterocycles. The lowest BCUT2D eigenvalue weighted by Gasteiger charge is -2.41. The second-order valence-corrected chi connectivity index (χ2v) is 6.63. The van der Waals surface area contributed by atoms with Crippen molar-refractivity contribution in [1.29, 1.82) is 0 Å². The minimum atomic E-state index is -0.716. The van der Waals surface area contributed by atoms with Crippen LogP contribution in [0.5, 0.6) is 5.75 Å². The molecule has 0 amide bonds. The molecule has 1 aromatic rings. The lowest BCUT2D eigenvalue weighted by atomic mass is 9.74. The third-order valence-electron chi connectivity index (χ3n) is 4.95. The SMILES string of the molecule is CC(c1ccc(O)cc1)N1CCCC(C(C)(C)C(=O)O)C1. The number of likely N-dealkylation sites (tertiary alicyclic amines) is 1. The molecule has 1 aromatic carbocycles. The van der Waals surface area contributed by atoms with Crippen LogP contribution in [0.1, 0.15) is 45.2 Å². The van der Waals surface area contributed by atoms with Crippen molar-refractivity contribution in [3.8, 4) is 5.75 Å². The third kappa shape index (κ3) is 3.38. The van der Waals surface area contributed by atoms with Crippen molar-refractivity contribution in [1.82, 2.24) is 4.90 Å². The largest absolute Gasteiger partial charge is 0.508 e. The molecule has 2 N–H and O–H groups in total. The van der Waals surface area contributed by atoms with Crippen molar-refractivity contribution < 1.29 is 15.0 Å². The number of carboxylic acid groups (broad SMARTS) is 1. The second kappa shape index (κ2) is 6.06. The number of carbonyl (C=O) groups is 1. The normalized spacial score (nSPS) is 22.0. The molecule has 2 rings (SSSR count). The number of carboxylic acids is 1. The number of hydrogen-bond acceptors (Lipinski definition) is 3. The maximum Gasteiger partial charge on any atom is 0.309 e. The van der Waals surface area contributed by atoms with Crippen molar-refractivity contribution in [2.24, 2.45) is 11.3 Å². The van der Waals surface area contributed by atoms with Crippen molar-refractivity contribution in [3.05, 3.63) is 29.8 Å². The summed E-state index contributed by atoms with van der Waals surface area (Å²) in [6, 6.07) is 7.51. The summed E-state index contributed by atoms with van der Waals surface area (Å²) in [5, 5.41) is 18.8. The molecular formula is C17H25NO3. The fraction of sp³-hybridized carbons (Fsp3) is 0.588. The Hall–Kier alpha value is -1.55. The van der Waals surface area contributed by atoms with Crippen LogP contribution in [0.4, 0.5) is 0 Å². The van der Waals surface area contributed by atoms with Crippen LogP contribution in [0.3, 0.4) is 0 Å². The van der Waals surface area contributed by atoms with Crippen molar-refractivity contribution >= 4 is 5.97 Å². The van der Waals surface area contributed by atoms with Crippen molar-refractivity contribution in [2.45, 2.75) is 39.7 Å². The lowest BCUT2D eigenvalue weighted by Crippen LogP contribution is -2.45. The molecule has 0 saturated carbocycles. The number of nitrogens with zero attached hydrogens (tertiary/aromatic N) is 1. The van der Waals surface area contributed by atoms with Crippen LogP contribution in [0.25, 0.3) is 0 Å². The van der Waals surface area contributed by atoms with E-state index < -0.39 is 11.4 Å². The molecule has 0 aliphatic carbocycles. The first kappa shape index (κ1) is 15.8. The van der Waals surface area contributed by atoms with Gasteiger partial charge in [0.2, 0.25) is 0 Å². The maximum absolute atomic E-state index is 11.5. The maximum atomic E-state index is 11.5. The topological polar surface area (TPSA) is 60.8 Å². The molecule has 1 saturated heterocycles. The number of aromatic hydroxyl groups is 1. The number of benzene rings is 1. The minimum Gasteiger partial charge on any atom is -0.508 e. The van der Waals surface area contributed by atoms with Gasteiger partial charge in [-0.05, 0) is 63.8 Å².